The molecule has 0 spiro atoms. The highest BCUT2D eigenvalue weighted by atomic mass is 35.5. The van der Waals surface area contributed by atoms with Gasteiger partial charge in [-0.1, -0.05) is 23.7 Å². The fourth-order valence-corrected chi connectivity index (χ4v) is 2.95. The van der Waals surface area contributed by atoms with Gasteiger partial charge in [0.05, 0.1) is 12.4 Å². The van der Waals surface area contributed by atoms with Crippen LogP contribution in [0.5, 0.6) is 0 Å². The Hall–Kier alpha value is -1.81. The van der Waals surface area contributed by atoms with E-state index in [2.05, 4.69) is 4.98 Å². The number of carbonyl (C=O) groups is 1. The van der Waals surface area contributed by atoms with Gasteiger partial charge >= 0.3 is 0 Å². The van der Waals surface area contributed by atoms with Gasteiger partial charge in [0.15, 0.2) is 0 Å². The van der Waals surface area contributed by atoms with Crippen molar-refractivity contribution in [3.05, 3.63) is 53.6 Å². The quantitative estimate of drug-likeness (QED) is 0.871. The Balaban J connectivity index is 1.77. The Morgan fingerprint density at radius 1 is 1.45 bits per heavy atom. The van der Waals surface area contributed by atoms with Crippen LogP contribution in [0.1, 0.15) is 24.4 Å². The summed E-state index contributed by atoms with van der Waals surface area (Å²) < 4.78 is 1.80. The van der Waals surface area contributed by atoms with Crippen LogP contribution < -0.4 is 0 Å². The van der Waals surface area contributed by atoms with Crippen LogP contribution in [0.15, 0.2) is 43.0 Å². The summed E-state index contributed by atoms with van der Waals surface area (Å²) >= 11 is 6.05. The molecule has 5 heteroatoms. The van der Waals surface area contributed by atoms with E-state index in [0.29, 0.717) is 6.54 Å². The second-order valence-corrected chi connectivity index (χ2v) is 5.47. The lowest BCUT2D eigenvalue weighted by Crippen LogP contribution is -2.33. The summed E-state index contributed by atoms with van der Waals surface area (Å²) in [6.07, 6.45) is 7.19. The van der Waals surface area contributed by atoms with Crippen molar-refractivity contribution in [2.24, 2.45) is 0 Å². The average molecular weight is 290 g/mol. The minimum absolute atomic E-state index is 0.130. The second-order valence-electron chi connectivity index (χ2n) is 5.04. The smallest absolute Gasteiger partial charge is 0.243 e. The lowest BCUT2D eigenvalue weighted by atomic mass is 10.0. The highest BCUT2D eigenvalue weighted by Crippen LogP contribution is 2.33. The Bertz CT molecular complexity index is 597. The van der Waals surface area contributed by atoms with Crippen molar-refractivity contribution in [2.75, 3.05) is 6.54 Å². The number of likely N-dealkylation sites (tertiary alicyclic amines) is 1. The van der Waals surface area contributed by atoms with E-state index in [1.807, 2.05) is 35.4 Å². The van der Waals surface area contributed by atoms with Crippen molar-refractivity contribution in [2.45, 2.75) is 25.4 Å². The zero-order chi connectivity index (χ0) is 13.9. The summed E-state index contributed by atoms with van der Waals surface area (Å²) in [6, 6.07) is 7.94. The van der Waals surface area contributed by atoms with Crippen molar-refractivity contribution in [3.8, 4) is 0 Å². The normalized spacial score (nSPS) is 18.4. The minimum atomic E-state index is 0.130. The number of imidazole rings is 1. The third-order valence-electron chi connectivity index (χ3n) is 3.68. The second kappa shape index (κ2) is 5.67. The molecule has 1 atom stereocenters. The van der Waals surface area contributed by atoms with Gasteiger partial charge < -0.3 is 9.47 Å². The molecule has 104 valence electrons. The standard InChI is InChI=1S/C15H16ClN3O/c16-13-4-1-3-12(9-13)14-5-2-7-19(14)15(20)10-18-8-6-17-11-18/h1,3-4,6,8-9,11,14H,2,5,7,10H2. The lowest BCUT2D eigenvalue weighted by molar-refractivity contribution is -0.132. The molecule has 4 nitrogen and oxygen atoms in total. The van der Waals surface area contributed by atoms with Crippen LogP contribution >= 0.6 is 11.6 Å². The van der Waals surface area contributed by atoms with Gasteiger partial charge in [0.1, 0.15) is 6.54 Å². The maximum atomic E-state index is 12.4. The molecular weight excluding hydrogens is 274 g/mol. The van der Waals surface area contributed by atoms with E-state index in [-0.39, 0.29) is 11.9 Å². The molecule has 1 fully saturated rings. The summed E-state index contributed by atoms with van der Waals surface area (Å²) in [4.78, 5) is 18.3. The summed E-state index contributed by atoms with van der Waals surface area (Å²) in [5.41, 5.74) is 1.12. The molecule has 0 saturated carbocycles. The number of benzene rings is 1. The van der Waals surface area contributed by atoms with Gasteiger partial charge in [0.2, 0.25) is 5.91 Å². The molecular formula is C15H16ClN3O. The molecule has 0 bridgehead atoms. The van der Waals surface area contributed by atoms with E-state index in [4.69, 9.17) is 11.6 Å². The highest BCUT2D eigenvalue weighted by molar-refractivity contribution is 6.30. The van der Waals surface area contributed by atoms with Crippen molar-refractivity contribution < 1.29 is 4.79 Å². The van der Waals surface area contributed by atoms with Crippen LogP contribution in [0, 0.1) is 0 Å². The van der Waals surface area contributed by atoms with E-state index in [1.54, 1.807) is 17.1 Å². The molecule has 3 rings (SSSR count). The van der Waals surface area contributed by atoms with Gasteiger partial charge in [-0.3, -0.25) is 4.79 Å². The molecule has 2 aromatic rings. The molecule has 1 aromatic carbocycles. The van der Waals surface area contributed by atoms with E-state index in [0.717, 1.165) is 30.0 Å². The van der Waals surface area contributed by atoms with Crippen LogP contribution in [0.25, 0.3) is 0 Å². The van der Waals surface area contributed by atoms with Gasteiger partial charge in [-0.2, -0.15) is 0 Å². The monoisotopic (exact) mass is 289 g/mol. The van der Waals surface area contributed by atoms with E-state index >= 15 is 0 Å². The third-order valence-corrected chi connectivity index (χ3v) is 3.92. The average Bonchev–Trinajstić information content (AvgIpc) is 3.09. The molecule has 1 unspecified atom stereocenters. The number of halogens is 1. The van der Waals surface area contributed by atoms with Crippen LogP contribution in [0.2, 0.25) is 5.02 Å². The van der Waals surface area contributed by atoms with Crippen molar-refractivity contribution in [1.82, 2.24) is 14.5 Å². The molecule has 1 aromatic heterocycles. The van der Waals surface area contributed by atoms with Crippen LogP contribution in [0.4, 0.5) is 0 Å². The number of aromatic nitrogens is 2. The maximum Gasteiger partial charge on any atom is 0.243 e. The Morgan fingerprint density at radius 3 is 3.10 bits per heavy atom. The predicted molar refractivity (Wildman–Crippen MR) is 77.4 cm³/mol. The van der Waals surface area contributed by atoms with Crippen molar-refractivity contribution in [3.63, 3.8) is 0 Å². The first kappa shape index (κ1) is 13.2. The molecule has 0 aliphatic carbocycles. The fourth-order valence-electron chi connectivity index (χ4n) is 2.75. The molecule has 1 aliphatic rings. The van der Waals surface area contributed by atoms with Crippen molar-refractivity contribution in [1.29, 1.82) is 0 Å². The summed E-state index contributed by atoms with van der Waals surface area (Å²) in [5, 5.41) is 0.719. The summed E-state index contributed by atoms with van der Waals surface area (Å²) in [5.74, 6) is 0.130. The van der Waals surface area contributed by atoms with E-state index < -0.39 is 0 Å². The molecule has 0 radical (unpaired) electrons. The first-order chi connectivity index (χ1) is 9.74. The first-order valence-corrected chi connectivity index (χ1v) is 7.12. The predicted octanol–water partition coefficient (Wildman–Crippen LogP) is 2.90. The Labute approximate surface area is 123 Å². The van der Waals surface area contributed by atoms with Gasteiger partial charge in [-0.15, -0.1) is 0 Å². The topological polar surface area (TPSA) is 38.1 Å². The SMILES string of the molecule is O=C(Cn1ccnc1)N1CCCC1c1cccc(Cl)c1. The van der Waals surface area contributed by atoms with E-state index in [9.17, 15) is 4.79 Å². The molecule has 1 saturated heterocycles. The Kier molecular flexibility index (Phi) is 3.74. The highest BCUT2D eigenvalue weighted by Gasteiger charge is 2.29. The zero-order valence-corrected chi connectivity index (χ0v) is 11.8. The van der Waals surface area contributed by atoms with Crippen LogP contribution in [0.3, 0.4) is 0 Å². The van der Waals surface area contributed by atoms with Gasteiger partial charge in [0, 0.05) is 24.0 Å². The van der Waals surface area contributed by atoms with Gasteiger partial charge in [-0.05, 0) is 30.5 Å². The largest absolute Gasteiger partial charge is 0.334 e. The maximum absolute atomic E-state index is 12.4. The number of hydrogen-bond donors (Lipinski definition) is 0. The molecule has 1 aliphatic heterocycles. The number of carbonyl (C=O) groups excluding carboxylic acids is 1. The third kappa shape index (κ3) is 2.70. The molecule has 20 heavy (non-hydrogen) atoms. The molecule has 0 N–H and O–H groups in total. The van der Waals surface area contributed by atoms with Crippen molar-refractivity contribution >= 4 is 17.5 Å². The summed E-state index contributed by atoms with van der Waals surface area (Å²) in [7, 11) is 0. The number of rotatable bonds is 3. The number of nitrogens with zero attached hydrogens (tertiary/aromatic N) is 3. The zero-order valence-electron chi connectivity index (χ0n) is 11.1. The first-order valence-electron chi connectivity index (χ1n) is 6.75. The van der Waals surface area contributed by atoms with Crippen LogP contribution in [-0.4, -0.2) is 26.9 Å². The molecule has 2 heterocycles. The van der Waals surface area contributed by atoms with Gasteiger partial charge in [0.25, 0.3) is 0 Å². The van der Waals surface area contributed by atoms with Gasteiger partial charge in [-0.25, -0.2) is 4.98 Å². The number of hydrogen-bond acceptors (Lipinski definition) is 2. The van der Waals surface area contributed by atoms with E-state index in [1.165, 1.54) is 0 Å². The minimum Gasteiger partial charge on any atom is -0.334 e. The number of amides is 1. The fraction of sp³-hybridized carbons (Fsp3) is 0.333. The lowest BCUT2D eigenvalue weighted by Gasteiger charge is -2.25. The summed E-state index contributed by atoms with van der Waals surface area (Å²) in [6.45, 7) is 1.15. The Morgan fingerprint density at radius 2 is 2.35 bits per heavy atom. The molecule has 1 amide bonds. The van der Waals surface area contributed by atoms with Crippen LogP contribution in [-0.2, 0) is 11.3 Å².